The van der Waals surface area contributed by atoms with Crippen molar-refractivity contribution < 1.29 is 9.53 Å². The molecule has 164 valence electrons. The molecule has 30 heavy (non-hydrogen) atoms. The summed E-state index contributed by atoms with van der Waals surface area (Å²) in [4.78, 5) is 22.1. The van der Waals surface area contributed by atoms with Crippen LogP contribution in [0.25, 0.3) is 10.2 Å². The second kappa shape index (κ2) is 11.0. The molecule has 5 nitrogen and oxygen atoms in total. The summed E-state index contributed by atoms with van der Waals surface area (Å²) in [6, 6.07) is 5.53. The number of halogens is 3. The topological polar surface area (TPSA) is 45.7 Å². The molecule has 0 aliphatic carbocycles. The van der Waals surface area contributed by atoms with Gasteiger partial charge >= 0.3 is 0 Å². The summed E-state index contributed by atoms with van der Waals surface area (Å²) in [5, 5.41) is 0.628. The highest BCUT2D eigenvalue weighted by Crippen LogP contribution is 2.38. The summed E-state index contributed by atoms with van der Waals surface area (Å²) in [5.74, 6) is 0.502. The number of thiazole rings is 1. The quantitative estimate of drug-likeness (QED) is 0.353. The summed E-state index contributed by atoms with van der Waals surface area (Å²) < 4.78 is 7.36. The van der Waals surface area contributed by atoms with E-state index in [9.17, 15) is 4.79 Å². The highest BCUT2D eigenvalue weighted by atomic mass is 35.5. The maximum absolute atomic E-state index is 13.4. The summed E-state index contributed by atoms with van der Waals surface area (Å²) in [5.41, 5.74) is 2.27. The molecule has 0 bridgehead atoms. The Morgan fingerprint density at radius 2 is 1.87 bits per heavy atom. The number of aromatic nitrogens is 1. The first-order valence-electron chi connectivity index (χ1n) is 9.32. The third-order valence-corrected chi connectivity index (χ3v) is 7.51. The second-order valence-corrected chi connectivity index (χ2v) is 9.74. The van der Waals surface area contributed by atoms with Crippen molar-refractivity contribution in [3.8, 4) is 5.75 Å². The fourth-order valence-corrected chi connectivity index (χ4v) is 5.60. The standard InChI is InChI=1S/C20H23Cl2N3O2S2.ClH/c1-5-24(6-2)9-10-25(19(26)13-11-15(21)28-18(13)22)20-23-16-14(27-4)8-7-12(3)17(16)29-20;/h7-8,11H,5-6,9-10H2,1-4H3;1H. The third-order valence-electron chi connectivity index (χ3n) is 4.81. The van der Waals surface area contributed by atoms with Gasteiger partial charge in [0.1, 0.15) is 15.6 Å². The molecule has 0 aliphatic rings. The van der Waals surface area contributed by atoms with Gasteiger partial charge in [-0.2, -0.15) is 0 Å². The molecule has 0 fully saturated rings. The molecule has 0 atom stereocenters. The number of nitrogens with zero attached hydrogens (tertiary/aromatic N) is 3. The lowest BCUT2D eigenvalue weighted by Gasteiger charge is -2.24. The number of rotatable bonds is 8. The fourth-order valence-electron chi connectivity index (χ4n) is 3.08. The van der Waals surface area contributed by atoms with Gasteiger partial charge in [-0.25, -0.2) is 4.98 Å². The summed E-state index contributed by atoms with van der Waals surface area (Å²) in [6.45, 7) is 9.31. The van der Waals surface area contributed by atoms with Crippen LogP contribution >= 0.6 is 58.3 Å². The van der Waals surface area contributed by atoms with Gasteiger partial charge in [0.15, 0.2) is 5.13 Å². The Bertz CT molecular complexity index is 1020. The molecule has 0 aliphatic heterocycles. The number of benzene rings is 1. The minimum absolute atomic E-state index is 0. The molecule has 3 aromatic rings. The smallest absolute Gasteiger partial charge is 0.262 e. The van der Waals surface area contributed by atoms with E-state index in [4.69, 9.17) is 32.9 Å². The highest BCUT2D eigenvalue weighted by Gasteiger charge is 2.26. The monoisotopic (exact) mass is 507 g/mol. The van der Waals surface area contributed by atoms with Crippen LogP contribution in [0.15, 0.2) is 18.2 Å². The number of anilines is 1. The predicted octanol–water partition coefficient (Wildman–Crippen LogP) is 6.39. The van der Waals surface area contributed by atoms with Crippen molar-refractivity contribution in [2.75, 3.05) is 38.2 Å². The number of aryl methyl sites for hydroxylation is 1. The van der Waals surface area contributed by atoms with Crippen LogP contribution in [0.3, 0.4) is 0 Å². The number of fused-ring (bicyclic) bond motifs is 1. The molecule has 0 unspecified atom stereocenters. The Hall–Kier alpha value is -1.09. The molecule has 0 radical (unpaired) electrons. The first-order valence-corrected chi connectivity index (χ1v) is 11.7. The number of carbonyl (C=O) groups excluding carboxylic acids is 1. The summed E-state index contributed by atoms with van der Waals surface area (Å²) in [7, 11) is 1.62. The maximum atomic E-state index is 13.4. The van der Waals surface area contributed by atoms with Gasteiger partial charge in [0.25, 0.3) is 5.91 Å². The van der Waals surface area contributed by atoms with Crippen LogP contribution in [-0.2, 0) is 0 Å². The van der Waals surface area contributed by atoms with Crippen LogP contribution in [0.1, 0.15) is 29.8 Å². The molecule has 0 spiro atoms. The number of ether oxygens (including phenoxy) is 1. The Kier molecular flexibility index (Phi) is 9.21. The zero-order valence-electron chi connectivity index (χ0n) is 17.2. The number of thiophene rings is 1. The SMILES string of the molecule is CCN(CC)CCN(C(=O)c1cc(Cl)sc1Cl)c1nc2c(OC)ccc(C)c2s1.Cl. The maximum Gasteiger partial charge on any atom is 0.262 e. The van der Waals surface area contributed by atoms with E-state index in [0.717, 1.165) is 35.4 Å². The molecule has 10 heteroatoms. The second-order valence-electron chi connectivity index (χ2n) is 6.48. The molecule has 0 N–H and O–H groups in total. The lowest BCUT2D eigenvalue weighted by atomic mass is 10.2. The largest absolute Gasteiger partial charge is 0.494 e. The van der Waals surface area contributed by atoms with Crippen LogP contribution in [0.5, 0.6) is 5.75 Å². The van der Waals surface area contributed by atoms with Crippen LogP contribution in [-0.4, -0.2) is 49.1 Å². The van der Waals surface area contributed by atoms with Gasteiger partial charge in [0.2, 0.25) is 0 Å². The molecule has 2 aromatic heterocycles. The van der Waals surface area contributed by atoms with E-state index in [-0.39, 0.29) is 18.3 Å². The zero-order valence-corrected chi connectivity index (χ0v) is 21.2. The lowest BCUT2D eigenvalue weighted by Crippen LogP contribution is -2.38. The highest BCUT2D eigenvalue weighted by molar-refractivity contribution is 7.22. The number of methoxy groups -OCH3 is 1. The Morgan fingerprint density at radius 1 is 1.17 bits per heavy atom. The van der Waals surface area contributed by atoms with Gasteiger partial charge in [-0.3, -0.25) is 9.69 Å². The van der Waals surface area contributed by atoms with Crippen molar-refractivity contribution in [2.24, 2.45) is 0 Å². The van der Waals surface area contributed by atoms with Crippen molar-refractivity contribution in [3.05, 3.63) is 38.0 Å². The van der Waals surface area contributed by atoms with Crippen molar-refractivity contribution in [1.82, 2.24) is 9.88 Å². The van der Waals surface area contributed by atoms with E-state index in [0.29, 0.717) is 31.7 Å². The van der Waals surface area contributed by atoms with Gasteiger partial charge in [-0.1, -0.05) is 54.5 Å². The number of amides is 1. The first-order chi connectivity index (χ1) is 13.9. The minimum Gasteiger partial charge on any atom is -0.494 e. The Balaban J connectivity index is 0.00000320. The minimum atomic E-state index is -0.194. The molecule has 2 heterocycles. The van der Waals surface area contributed by atoms with Crippen LogP contribution in [0.2, 0.25) is 8.67 Å². The lowest BCUT2D eigenvalue weighted by molar-refractivity contribution is 0.0984. The number of hydrogen-bond acceptors (Lipinski definition) is 6. The number of hydrogen-bond donors (Lipinski definition) is 0. The molecule has 0 saturated heterocycles. The average molecular weight is 509 g/mol. The Morgan fingerprint density at radius 3 is 2.43 bits per heavy atom. The summed E-state index contributed by atoms with van der Waals surface area (Å²) in [6.07, 6.45) is 0. The normalized spacial score (nSPS) is 11.0. The van der Waals surface area contributed by atoms with Gasteiger partial charge in [0.05, 0.1) is 21.7 Å². The van der Waals surface area contributed by atoms with Gasteiger partial charge in [-0.15, -0.1) is 23.7 Å². The molecule has 1 aromatic carbocycles. The molecule has 3 rings (SSSR count). The zero-order chi connectivity index (χ0) is 21.1. The molecule has 0 saturated carbocycles. The van der Waals surface area contributed by atoms with Crippen molar-refractivity contribution in [3.63, 3.8) is 0 Å². The number of likely N-dealkylation sites (N-methyl/N-ethyl adjacent to an activating group) is 1. The average Bonchev–Trinajstić information content (AvgIpc) is 3.29. The van der Waals surface area contributed by atoms with Crippen LogP contribution in [0.4, 0.5) is 5.13 Å². The van der Waals surface area contributed by atoms with Crippen molar-refractivity contribution in [2.45, 2.75) is 20.8 Å². The first kappa shape index (κ1) is 25.2. The molecule has 1 amide bonds. The molecular weight excluding hydrogens is 485 g/mol. The van der Waals surface area contributed by atoms with Crippen LogP contribution < -0.4 is 9.64 Å². The van der Waals surface area contributed by atoms with E-state index in [1.165, 1.54) is 22.7 Å². The van der Waals surface area contributed by atoms with E-state index in [1.54, 1.807) is 18.1 Å². The summed E-state index contributed by atoms with van der Waals surface area (Å²) >= 11 is 15.0. The van der Waals surface area contributed by atoms with E-state index >= 15 is 0 Å². The molecular formula is C20H24Cl3N3O2S2. The van der Waals surface area contributed by atoms with Gasteiger partial charge in [0, 0.05) is 13.1 Å². The Labute approximate surface area is 201 Å². The van der Waals surface area contributed by atoms with E-state index in [1.807, 2.05) is 19.1 Å². The van der Waals surface area contributed by atoms with Gasteiger partial charge in [-0.05, 0) is 37.7 Å². The number of carbonyl (C=O) groups is 1. The van der Waals surface area contributed by atoms with E-state index < -0.39 is 0 Å². The van der Waals surface area contributed by atoms with Gasteiger partial charge < -0.3 is 9.64 Å². The third kappa shape index (κ3) is 5.21. The predicted molar refractivity (Wildman–Crippen MR) is 132 cm³/mol. The van der Waals surface area contributed by atoms with E-state index in [2.05, 4.69) is 18.7 Å². The fraction of sp³-hybridized carbons (Fsp3) is 0.400. The van der Waals surface area contributed by atoms with Crippen LogP contribution in [0, 0.1) is 6.92 Å². The van der Waals surface area contributed by atoms with Crippen molar-refractivity contribution >= 4 is 79.5 Å². The van der Waals surface area contributed by atoms with Crippen molar-refractivity contribution in [1.29, 1.82) is 0 Å².